The molecule has 2 aliphatic rings. The predicted molar refractivity (Wildman–Crippen MR) is 35.2 cm³/mol. The van der Waals surface area contributed by atoms with Crippen molar-refractivity contribution in [3.05, 3.63) is 0 Å². The Morgan fingerprint density at radius 3 is 2.92 bits per heavy atom. The largest absolute Gasteiger partial charge is 0.438 e. The van der Waals surface area contributed by atoms with Crippen molar-refractivity contribution in [1.29, 1.82) is 0 Å². The Morgan fingerprint density at radius 2 is 2.33 bits per heavy atom. The van der Waals surface area contributed by atoms with E-state index in [4.69, 9.17) is 14.6 Å². The lowest BCUT2D eigenvalue weighted by molar-refractivity contribution is -0.0296. The van der Waals surface area contributed by atoms with Gasteiger partial charge in [-0.05, 0) is 0 Å². The number of ether oxygens (including phenoxy) is 2. The highest BCUT2D eigenvalue weighted by Gasteiger charge is 2.50. The zero-order chi connectivity index (χ0) is 8.72. The summed E-state index contributed by atoms with van der Waals surface area (Å²) in [5.41, 5.74) is 0. The van der Waals surface area contributed by atoms with Crippen LogP contribution >= 0.6 is 0 Å². The molecule has 2 rings (SSSR count). The number of fused-ring (bicyclic) bond motifs is 1. The number of carbonyl (C=O) groups is 1. The number of rotatable bonds is 1. The van der Waals surface area contributed by atoms with Gasteiger partial charge in [-0.1, -0.05) is 0 Å². The van der Waals surface area contributed by atoms with Gasteiger partial charge in [0.1, 0.15) is 12.2 Å². The van der Waals surface area contributed by atoms with E-state index in [1.54, 1.807) is 0 Å². The number of aliphatic hydroxyl groups excluding tert-OH is 2. The lowest BCUT2D eigenvalue weighted by atomic mass is 10.1. The minimum Gasteiger partial charge on any atom is -0.438 e. The molecule has 1 amide bonds. The first-order valence-electron chi connectivity index (χ1n) is 3.64. The van der Waals surface area contributed by atoms with E-state index < -0.39 is 30.6 Å². The van der Waals surface area contributed by atoms with E-state index in [0.29, 0.717) is 0 Å². The van der Waals surface area contributed by atoms with Crippen molar-refractivity contribution in [2.75, 3.05) is 6.61 Å². The molecule has 2 heterocycles. The van der Waals surface area contributed by atoms with Crippen LogP contribution in [0.3, 0.4) is 0 Å². The molecule has 68 valence electrons. The van der Waals surface area contributed by atoms with Crippen LogP contribution in [0.1, 0.15) is 0 Å². The van der Waals surface area contributed by atoms with Crippen LogP contribution in [0.15, 0.2) is 0 Å². The predicted octanol–water partition coefficient (Wildman–Crippen LogP) is -1.83. The lowest BCUT2D eigenvalue weighted by Gasteiger charge is -2.12. The quantitative estimate of drug-likeness (QED) is 0.436. The van der Waals surface area contributed by atoms with Gasteiger partial charge in [0.15, 0.2) is 12.3 Å². The molecule has 0 aliphatic carbocycles. The summed E-state index contributed by atoms with van der Waals surface area (Å²) in [5, 5.41) is 20.4. The van der Waals surface area contributed by atoms with Gasteiger partial charge in [-0.3, -0.25) is 5.32 Å². The molecule has 0 radical (unpaired) electrons. The molecule has 0 saturated carbocycles. The molecule has 0 spiro atoms. The smallest absolute Gasteiger partial charge is 0.409 e. The summed E-state index contributed by atoms with van der Waals surface area (Å²) in [5.74, 6) is 0. The second-order valence-electron chi connectivity index (χ2n) is 2.78. The van der Waals surface area contributed by atoms with Crippen molar-refractivity contribution >= 4 is 6.09 Å². The topological polar surface area (TPSA) is 88.0 Å². The first kappa shape index (κ1) is 7.78. The Labute approximate surface area is 68.1 Å². The van der Waals surface area contributed by atoms with Crippen LogP contribution in [0.5, 0.6) is 0 Å². The van der Waals surface area contributed by atoms with Crippen LogP contribution in [0.2, 0.25) is 0 Å². The van der Waals surface area contributed by atoms with Crippen LogP contribution in [-0.2, 0) is 9.47 Å². The molecule has 3 N–H and O–H groups in total. The Bertz CT molecular complexity index is 208. The van der Waals surface area contributed by atoms with Crippen molar-refractivity contribution in [2.45, 2.75) is 24.5 Å². The van der Waals surface area contributed by atoms with Crippen molar-refractivity contribution in [1.82, 2.24) is 5.32 Å². The van der Waals surface area contributed by atoms with Gasteiger partial charge in [-0.25, -0.2) is 4.79 Å². The van der Waals surface area contributed by atoms with E-state index in [1.165, 1.54) is 0 Å². The summed E-state index contributed by atoms with van der Waals surface area (Å²) in [6.45, 7) is -0.284. The molecule has 0 aromatic rings. The normalized spacial score (nSPS) is 45.3. The van der Waals surface area contributed by atoms with Crippen LogP contribution in [0.25, 0.3) is 0 Å². The number of aliphatic hydroxyl groups is 2. The van der Waals surface area contributed by atoms with Gasteiger partial charge < -0.3 is 19.7 Å². The number of hydrogen-bond donors (Lipinski definition) is 3. The van der Waals surface area contributed by atoms with E-state index in [1.807, 2.05) is 0 Å². The molecular weight excluding hydrogens is 166 g/mol. The molecule has 12 heavy (non-hydrogen) atoms. The molecule has 2 saturated heterocycles. The monoisotopic (exact) mass is 175 g/mol. The zero-order valence-electron chi connectivity index (χ0n) is 6.14. The van der Waals surface area contributed by atoms with Crippen molar-refractivity contribution in [3.8, 4) is 0 Å². The Hall–Kier alpha value is -0.850. The van der Waals surface area contributed by atoms with Gasteiger partial charge in [-0.15, -0.1) is 0 Å². The van der Waals surface area contributed by atoms with Gasteiger partial charge in [0.25, 0.3) is 0 Å². The van der Waals surface area contributed by atoms with E-state index in [0.717, 1.165) is 0 Å². The number of carbonyl (C=O) groups excluding carboxylic acids is 1. The molecule has 6 heteroatoms. The van der Waals surface area contributed by atoms with E-state index >= 15 is 0 Å². The Morgan fingerprint density at radius 1 is 1.58 bits per heavy atom. The maximum Gasteiger partial charge on any atom is 0.409 e. The molecule has 2 fully saturated rings. The van der Waals surface area contributed by atoms with Gasteiger partial charge in [0, 0.05) is 0 Å². The Balaban J connectivity index is 2.08. The molecule has 0 bridgehead atoms. The van der Waals surface area contributed by atoms with Crippen LogP contribution in [-0.4, -0.2) is 47.5 Å². The highest BCUT2D eigenvalue weighted by atomic mass is 16.6. The second kappa shape index (κ2) is 2.58. The summed E-state index contributed by atoms with van der Waals surface area (Å²) < 4.78 is 9.75. The fourth-order valence-corrected chi connectivity index (χ4v) is 1.41. The molecule has 4 unspecified atom stereocenters. The SMILES string of the molecule is O=C1NC2OC(CO)C(O)C2O1. The molecule has 0 aromatic heterocycles. The van der Waals surface area contributed by atoms with Crippen molar-refractivity contribution in [2.24, 2.45) is 0 Å². The van der Waals surface area contributed by atoms with Crippen molar-refractivity contribution < 1.29 is 24.5 Å². The lowest BCUT2D eigenvalue weighted by Crippen LogP contribution is -2.33. The molecule has 0 aromatic carbocycles. The highest BCUT2D eigenvalue weighted by molar-refractivity contribution is 5.70. The van der Waals surface area contributed by atoms with E-state index in [-0.39, 0.29) is 6.61 Å². The summed E-state index contributed by atoms with van der Waals surface area (Å²) >= 11 is 0. The third-order valence-electron chi connectivity index (χ3n) is 2.02. The maximum atomic E-state index is 10.6. The zero-order valence-corrected chi connectivity index (χ0v) is 6.14. The first-order valence-corrected chi connectivity index (χ1v) is 3.64. The number of nitrogens with one attached hydrogen (secondary N) is 1. The van der Waals surface area contributed by atoms with Gasteiger partial charge in [0.2, 0.25) is 0 Å². The maximum absolute atomic E-state index is 10.6. The molecule has 6 nitrogen and oxygen atoms in total. The summed E-state index contributed by atoms with van der Waals surface area (Å²) in [4.78, 5) is 10.6. The second-order valence-corrected chi connectivity index (χ2v) is 2.78. The van der Waals surface area contributed by atoms with Crippen LogP contribution < -0.4 is 5.32 Å². The van der Waals surface area contributed by atoms with Crippen LogP contribution in [0, 0.1) is 0 Å². The fourth-order valence-electron chi connectivity index (χ4n) is 1.41. The van der Waals surface area contributed by atoms with Gasteiger partial charge in [-0.2, -0.15) is 0 Å². The van der Waals surface area contributed by atoms with Crippen molar-refractivity contribution in [3.63, 3.8) is 0 Å². The number of alkyl carbamates (subject to hydrolysis) is 1. The standard InChI is InChI=1S/C6H9NO5/c8-1-2-3(9)4-5(11-2)7-6(10)12-4/h2-5,8-9H,1H2,(H,7,10). The molecule has 4 atom stereocenters. The van der Waals surface area contributed by atoms with E-state index in [9.17, 15) is 9.90 Å². The average molecular weight is 175 g/mol. The third kappa shape index (κ3) is 0.961. The summed E-state index contributed by atoms with van der Waals surface area (Å²) in [6.07, 6.45) is -3.51. The fraction of sp³-hybridized carbons (Fsp3) is 0.833. The summed E-state index contributed by atoms with van der Waals surface area (Å²) in [6, 6.07) is 0. The molecule has 2 aliphatic heterocycles. The molecular formula is C6H9NO5. The Kier molecular flexibility index (Phi) is 1.67. The minimum absolute atomic E-state index is 0.284. The minimum atomic E-state index is -0.945. The van der Waals surface area contributed by atoms with E-state index in [2.05, 4.69) is 5.32 Å². The van der Waals surface area contributed by atoms with Crippen LogP contribution in [0.4, 0.5) is 4.79 Å². The number of hydrogen-bond acceptors (Lipinski definition) is 5. The summed E-state index contributed by atoms with van der Waals surface area (Å²) in [7, 11) is 0. The highest BCUT2D eigenvalue weighted by Crippen LogP contribution is 2.25. The van der Waals surface area contributed by atoms with Gasteiger partial charge in [0.05, 0.1) is 6.61 Å². The first-order chi connectivity index (χ1) is 5.72. The number of amides is 1. The average Bonchev–Trinajstić information content (AvgIpc) is 2.51. The third-order valence-corrected chi connectivity index (χ3v) is 2.02. The van der Waals surface area contributed by atoms with Gasteiger partial charge >= 0.3 is 6.09 Å².